The Labute approximate surface area is 199 Å². The number of carbonyl (C=O) groups is 1. The van der Waals surface area contributed by atoms with E-state index in [1.165, 1.54) is 17.1 Å². The van der Waals surface area contributed by atoms with Crippen molar-refractivity contribution in [1.82, 2.24) is 29.6 Å². The highest BCUT2D eigenvalue weighted by Gasteiger charge is 2.25. The lowest BCUT2D eigenvalue weighted by Gasteiger charge is -2.23. The Morgan fingerprint density at radius 3 is 2.80 bits per heavy atom. The van der Waals surface area contributed by atoms with Crippen molar-refractivity contribution in [3.8, 4) is 34.3 Å². The van der Waals surface area contributed by atoms with Crippen molar-refractivity contribution in [1.29, 1.82) is 0 Å². The lowest BCUT2D eigenvalue weighted by atomic mass is 10.0. The predicted octanol–water partition coefficient (Wildman–Crippen LogP) is 2.97. The van der Waals surface area contributed by atoms with E-state index in [9.17, 15) is 18.7 Å². The molecule has 3 heterocycles. The largest absolute Gasteiger partial charge is 0.491 e. The number of aliphatic hydroxyl groups is 1. The highest BCUT2D eigenvalue weighted by molar-refractivity contribution is 5.96. The maximum atomic E-state index is 14.4. The summed E-state index contributed by atoms with van der Waals surface area (Å²) < 4.78 is 36.8. The van der Waals surface area contributed by atoms with Crippen molar-refractivity contribution < 1.29 is 23.4 Å². The number of benzene rings is 2. The van der Waals surface area contributed by atoms with Gasteiger partial charge in [0.2, 0.25) is 0 Å². The molecule has 0 bridgehead atoms. The third-order valence-electron chi connectivity index (χ3n) is 5.61. The first-order chi connectivity index (χ1) is 16.8. The average Bonchev–Trinajstić information content (AvgIpc) is 3.43. The van der Waals surface area contributed by atoms with E-state index in [-0.39, 0.29) is 24.0 Å². The quantitative estimate of drug-likeness (QED) is 0.455. The van der Waals surface area contributed by atoms with E-state index in [0.717, 1.165) is 12.1 Å². The minimum atomic E-state index is -0.786. The summed E-state index contributed by atoms with van der Waals surface area (Å²) in [7, 11) is 0. The first-order valence-corrected chi connectivity index (χ1v) is 10.9. The molecule has 0 unspecified atom stereocenters. The van der Waals surface area contributed by atoms with E-state index in [2.05, 4.69) is 15.4 Å². The molecule has 0 spiro atoms. The molecular formula is C24H22F2N6O3. The maximum absolute atomic E-state index is 14.4. The summed E-state index contributed by atoms with van der Waals surface area (Å²) in [6, 6.07) is 8.24. The van der Waals surface area contributed by atoms with Gasteiger partial charge in [0.25, 0.3) is 5.91 Å². The fraction of sp³-hybridized carbons (Fsp3) is 0.250. The van der Waals surface area contributed by atoms with E-state index >= 15 is 0 Å². The number of amides is 1. The van der Waals surface area contributed by atoms with Gasteiger partial charge in [-0.25, -0.2) is 23.4 Å². The van der Waals surface area contributed by atoms with Gasteiger partial charge in [0, 0.05) is 17.8 Å². The zero-order chi connectivity index (χ0) is 24.7. The number of hydrogen-bond donors (Lipinski definition) is 2. The van der Waals surface area contributed by atoms with Gasteiger partial charge in [0.05, 0.1) is 24.3 Å². The molecule has 2 N–H and O–H groups in total. The van der Waals surface area contributed by atoms with Crippen LogP contribution in [-0.4, -0.2) is 54.1 Å². The number of halogens is 2. The second kappa shape index (κ2) is 8.58. The highest BCUT2D eigenvalue weighted by atomic mass is 19.1. The Morgan fingerprint density at radius 2 is 2.03 bits per heavy atom. The standard InChI is InChI=1S/C24H22F2N6O3/c1-24(2,12-33)30-23(34)14-3-6-20-16(9-14)21-29-18(11-31(21)7-8-35-20)22-27-13-28-32(22)19-5-4-15(25)10-17(19)26/h3-6,9-11,13,33H,7-8,12H2,1-2H3,(H,30,34). The number of aliphatic hydroxyl groups excluding tert-OH is 1. The van der Waals surface area contributed by atoms with Crippen LogP contribution >= 0.6 is 0 Å². The summed E-state index contributed by atoms with van der Waals surface area (Å²) in [5.41, 5.74) is 0.651. The predicted molar refractivity (Wildman–Crippen MR) is 122 cm³/mol. The van der Waals surface area contributed by atoms with E-state index in [1.807, 2.05) is 4.57 Å². The monoisotopic (exact) mass is 480 g/mol. The van der Waals surface area contributed by atoms with Gasteiger partial charge in [-0.05, 0) is 44.2 Å². The molecular weight excluding hydrogens is 458 g/mol. The van der Waals surface area contributed by atoms with Crippen LogP contribution in [0.3, 0.4) is 0 Å². The number of imidazole rings is 1. The van der Waals surface area contributed by atoms with Crippen LogP contribution in [0.1, 0.15) is 24.2 Å². The summed E-state index contributed by atoms with van der Waals surface area (Å²) >= 11 is 0. The smallest absolute Gasteiger partial charge is 0.251 e. The molecule has 0 radical (unpaired) electrons. The van der Waals surface area contributed by atoms with Gasteiger partial charge in [-0.3, -0.25) is 4.79 Å². The Kier molecular flexibility index (Phi) is 5.56. The van der Waals surface area contributed by atoms with Crippen LogP contribution in [0.5, 0.6) is 5.75 Å². The van der Waals surface area contributed by atoms with Crippen LogP contribution < -0.4 is 10.1 Å². The zero-order valence-corrected chi connectivity index (χ0v) is 19.0. The highest BCUT2D eigenvalue weighted by Crippen LogP contribution is 2.35. The number of ether oxygens (including phenoxy) is 1. The number of hydrogen-bond acceptors (Lipinski definition) is 6. The molecule has 1 aliphatic rings. The van der Waals surface area contributed by atoms with Crippen LogP contribution in [0.25, 0.3) is 28.6 Å². The van der Waals surface area contributed by atoms with Gasteiger partial charge in [-0.15, -0.1) is 0 Å². The van der Waals surface area contributed by atoms with Crippen LogP contribution in [0.2, 0.25) is 0 Å². The molecule has 0 fully saturated rings. The second-order valence-electron chi connectivity index (χ2n) is 8.79. The molecule has 0 saturated carbocycles. The topological polar surface area (TPSA) is 107 Å². The molecule has 180 valence electrons. The van der Waals surface area contributed by atoms with Crippen molar-refractivity contribution in [2.24, 2.45) is 0 Å². The third-order valence-corrected chi connectivity index (χ3v) is 5.61. The molecule has 9 nitrogen and oxygen atoms in total. The molecule has 0 atom stereocenters. The lowest BCUT2D eigenvalue weighted by molar-refractivity contribution is 0.0869. The Hall–Kier alpha value is -4.12. The minimum absolute atomic E-state index is 0.0382. The van der Waals surface area contributed by atoms with E-state index in [1.54, 1.807) is 38.2 Å². The van der Waals surface area contributed by atoms with Crippen molar-refractivity contribution >= 4 is 5.91 Å². The first kappa shape index (κ1) is 22.7. The molecule has 1 aliphatic heterocycles. The van der Waals surface area contributed by atoms with E-state index in [4.69, 9.17) is 9.72 Å². The fourth-order valence-electron chi connectivity index (χ4n) is 3.80. The number of rotatable bonds is 5. The molecule has 11 heteroatoms. The number of nitrogens with one attached hydrogen (secondary N) is 1. The molecule has 35 heavy (non-hydrogen) atoms. The summed E-state index contributed by atoms with van der Waals surface area (Å²) in [5, 5.41) is 16.4. The maximum Gasteiger partial charge on any atom is 0.251 e. The van der Waals surface area contributed by atoms with Gasteiger partial charge in [-0.1, -0.05) is 0 Å². The molecule has 2 aromatic carbocycles. The van der Waals surface area contributed by atoms with Crippen LogP contribution in [-0.2, 0) is 6.54 Å². The van der Waals surface area contributed by atoms with Gasteiger partial charge in [0.15, 0.2) is 11.6 Å². The van der Waals surface area contributed by atoms with Crippen LogP contribution in [0, 0.1) is 11.6 Å². The number of aromatic nitrogens is 5. The Balaban J connectivity index is 1.56. The molecule has 4 aromatic rings. The van der Waals surface area contributed by atoms with Gasteiger partial charge in [-0.2, -0.15) is 5.10 Å². The zero-order valence-electron chi connectivity index (χ0n) is 19.0. The fourth-order valence-corrected chi connectivity index (χ4v) is 3.80. The van der Waals surface area contributed by atoms with Gasteiger partial charge in [0.1, 0.15) is 41.7 Å². The first-order valence-electron chi connectivity index (χ1n) is 10.9. The number of fused-ring (bicyclic) bond motifs is 3. The lowest BCUT2D eigenvalue weighted by Crippen LogP contribution is -2.46. The Morgan fingerprint density at radius 1 is 1.20 bits per heavy atom. The van der Waals surface area contributed by atoms with Crippen molar-refractivity contribution in [3.63, 3.8) is 0 Å². The Bertz CT molecular complexity index is 1430. The van der Waals surface area contributed by atoms with Crippen LogP contribution in [0.15, 0.2) is 48.9 Å². The summed E-state index contributed by atoms with van der Waals surface area (Å²) in [4.78, 5) is 21.7. The van der Waals surface area contributed by atoms with Crippen LogP contribution in [0.4, 0.5) is 8.78 Å². The number of carbonyl (C=O) groups excluding carboxylic acids is 1. The number of nitrogens with zero attached hydrogens (tertiary/aromatic N) is 5. The van der Waals surface area contributed by atoms with Crippen molar-refractivity contribution in [2.45, 2.75) is 25.9 Å². The third kappa shape index (κ3) is 4.26. The van der Waals surface area contributed by atoms with Crippen molar-refractivity contribution in [2.75, 3.05) is 13.2 Å². The normalized spacial score (nSPS) is 12.9. The van der Waals surface area contributed by atoms with Gasteiger partial charge >= 0.3 is 0 Å². The molecule has 1 amide bonds. The van der Waals surface area contributed by atoms with E-state index in [0.29, 0.717) is 41.5 Å². The summed E-state index contributed by atoms with van der Waals surface area (Å²) in [6.07, 6.45) is 3.02. The molecule has 2 aromatic heterocycles. The SMILES string of the molecule is CC(C)(CO)NC(=O)c1ccc2c(c1)-c1nc(-c3ncnn3-c3ccc(F)cc3F)cn1CCO2. The summed E-state index contributed by atoms with van der Waals surface area (Å²) in [5.74, 6) is -0.445. The molecule has 5 rings (SSSR count). The molecule has 0 saturated heterocycles. The second-order valence-corrected chi connectivity index (χ2v) is 8.79. The van der Waals surface area contributed by atoms with E-state index < -0.39 is 17.2 Å². The van der Waals surface area contributed by atoms with Gasteiger partial charge < -0.3 is 19.7 Å². The average molecular weight is 480 g/mol. The summed E-state index contributed by atoms with van der Waals surface area (Å²) in [6.45, 7) is 4.08. The minimum Gasteiger partial charge on any atom is -0.491 e. The molecule has 0 aliphatic carbocycles. The van der Waals surface area contributed by atoms with Crippen molar-refractivity contribution in [3.05, 3.63) is 66.1 Å².